The molecule has 2 amide bonds. The van der Waals surface area contributed by atoms with E-state index < -0.39 is 29.3 Å². The average molecular weight is 592 g/mol. The topological polar surface area (TPSA) is 79.5 Å². The molecule has 0 radical (unpaired) electrons. The number of carbonyl (C=O) groups is 2. The van der Waals surface area contributed by atoms with Crippen LogP contribution in [0.4, 0.5) is 23.0 Å². The lowest BCUT2D eigenvalue weighted by atomic mass is 9.95. The summed E-state index contributed by atoms with van der Waals surface area (Å²) < 4.78 is 46.0. The number of halogens is 3. The molecule has 3 N–H and O–H groups in total. The molecule has 2 aromatic heterocycles. The predicted octanol–water partition coefficient (Wildman–Crippen LogP) is 7.30. The summed E-state index contributed by atoms with van der Waals surface area (Å²) in [5.74, 6) is -0.451. The van der Waals surface area contributed by atoms with Crippen LogP contribution in [0.5, 0.6) is 0 Å². The first-order valence-electron chi connectivity index (χ1n) is 13.3. The summed E-state index contributed by atoms with van der Waals surface area (Å²) in [5.41, 5.74) is 2.37. The number of amides is 2. The first-order valence-corrected chi connectivity index (χ1v) is 15.0. The van der Waals surface area contributed by atoms with E-state index in [9.17, 15) is 22.8 Å². The number of rotatable bonds is 5. The number of carbonyl (C=O) groups excluding carboxylic acids is 2. The quantitative estimate of drug-likeness (QED) is 0.272. The van der Waals surface area contributed by atoms with Crippen LogP contribution in [-0.2, 0) is 43.3 Å². The SMILES string of the molecule is CC(C)(C)OC(=O)c1c(NC(=O)NCc2c(-c3cccc(C(F)(F)F)c3)sc3c2CCNC3)sc2c1CCCC2. The summed E-state index contributed by atoms with van der Waals surface area (Å²) in [4.78, 5) is 29.2. The molecule has 1 aliphatic heterocycles. The number of hydrogen-bond donors (Lipinski definition) is 3. The molecule has 5 rings (SSSR count). The number of hydrogen-bond acceptors (Lipinski definition) is 6. The number of benzene rings is 1. The lowest BCUT2D eigenvalue weighted by Crippen LogP contribution is -2.30. The van der Waals surface area contributed by atoms with E-state index in [0.717, 1.165) is 82.1 Å². The summed E-state index contributed by atoms with van der Waals surface area (Å²) in [6.45, 7) is 6.97. The third-order valence-electron chi connectivity index (χ3n) is 6.92. The molecule has 1 aliphatic carbocycles. The molecule has 0 unspecified atom stereocenters. The Morgan fingerprint density at radius 1 is 1.02 bits per heavy atom. The Hall–Kier alpha value is -2.89. The van der Waals surface area contributed by atoms with Gasteiger partial charge >= 0.3 is 18.2 Å². The molecular formula is C29H32F3N3O3S2. The molecule has 0 bridgehead atoms. The smallest absolute Gasteiger partial charge is 0.416 e. The molecular weight excluding hydrogens is 559 g/mol. The molecule has 3 heterocycles. The van der Waals surface area contributed by atoms with E-state index >= 15 is 0 Å². The van der Waals surface area contributed by atoms with Crippen molar-refractivity contribution in [1.29, 1.82) is 0 Å². The highest BCUT2D eigenvalue weighted by atomic mass is 32.1. The van der Waals surface area contributed by atoms with Gasteiger partial charge in [0, 0.05) is 27.7 Å². The maximum atomic E-state index is 13.4. The van der Waals surface area contributed by atoms with Crippen molar-refractivity contribution in [3.63, 3.8) is 0 Å². The average Bonchev–Trinajstić information content (AvgIpc) is 3.44. The number of ether oxygens (including phenoxy) is 1. The Morgan fingerprint density at radius 2 is 1.80 bits per heavy atom. The summed E-state index contributed by atoms with van der Waals surface area (Å²) >= 11 is 2.87. The summed E-state index contributed by atoms with van der Waals surface area (Å²) in [7, 11) is 0. The normalized spacial score (nSPS) is 15.2. The van der Waals surface area contributed by atoms with Crippen molar-refractivity contribution in [2.45, 2.75) is 77.7 Å². The van der Waals surface area contributed by atoms with E-state index in [0.29, 0.717) is 22.7 Å². The Labute approximate surface area is 239 Å². The molecule has 40 heavy (non-hydrogen) atoms. The van der Waals surface area contributed by atoms with Crippen LogP contribution in [0.3, 0.4) is 0 Å². The Kier molecular flexibility index (Phi) is 8.00. The van der Waals surface area contributed by atoms with Gasteiger partial charge in [-0.05, 0) is 93.8 Å². The van der Waals surface area contributed by atoms with E-state index in [-0.39, 0.29) is 6.54 Å². The zero-order valence-electron chi connectivity index (χ0n) is 22.6. The number of aryl methyl sites for hydroxylation is 1. The summed E-state index contributed by atoms with van der Waals surface area (Å²) in [6, 6.07) is 4.83. The van der Waals surface area contributed by atoms with Crippen LogP contribution in [0, 0.1) is 0 Å². The minimum absolute atomic E-state index is 0.149. The van der Waals surface area contributed by atoms with Crippen LogP contribution in [0.15, 0.2) is 24.3 Å². The molecule has 0 saturated heterocycles. The molecule has 0 spiro atoms. The van der Waals surface area contributed by atoms with Crippen LogP contribution < -0.4 is 16.0 Å². The number of alkyl halides is 3. The van der Waals surface area contributed by atoms with Crippen LogP contribution in [-0.4, -0.2) is 24.1 Å². The fourth-order valence-electron chi connectivity index (χ4n) is 5.17. The minimum Gasteiger partial charge on any atom is -0.456 e. The lowest BCUT2D eigenvalue weighted by Gasteiger charge is -2.21. The highest BCUT2D eigenvalue weighted by Gasteiger charge is 2.32. The fourth-order valence-corrected chi connectivity index (χ4v) is 7.78. The maximum Gasteiger partial charge on any atom is 0.416 e. The number of fused-ring (bicyclic) bond motifs is 2. The van der Waals surface area contributed by atoms with Gasteiger partial charge in [0.1, 0.15) is 10.6 Å². The zero-order valence-corrected chi connectivity index (χ0v) is 24.3. The summed E-state index contributed by atoms with van der Waals surface area (Å²) in [5, 5.41) is 9.55. The van der Waals surface area contributed by atoms with Crippen molar-refractivity contribution in [1.82, 2.24) is 10.6 Å². The van der Waals surface area contributed by atoms with Gasteiger partial charge in [-0.25, -0.2) is 9.59 Å². The second kappa shape index (κ2) is 11.2. The highest BCUT2D eigenvalue weighted by molar-refractivity contribution is 7.17. The van der Waals surface area contributed by atoms with Crippen LogP contribution in [0.25, 0.3) is 10.4 Å². The first-order chi connectivity index (χ1) is 18.9. The third kappa shape index (κ3) is 6.21. The predicted molar refractivity (Wildman–Crippen MR) is 152 cm³/mol. The van der Waals surface area contributed by atoms with Gasteiger partial charge in [-0.15, -0.1) is 22.7 Å². The van der Waals surface area contributed by atoms with Crippen LogP contribution in [0.2, 0.25) is 0 Å². The van der Waals surface area contributed by atoms with Gasteiger partial charge in [-0.1, -0.05) is 12.1 Å². The van der Waals surface area contributed by atoms with E-state index in [2.05, 4.69) is 16.0 Å². The van der Waals surface area contributed by atoms with Crippen molar-refractivity contribution >= 4 is 39.7 Å². The number of anilines is 1. The van der Waals surface area contributed by atoms with E-state index in [1.807, 2.05) is 20.8 Å². The molecule has 2 aliphatic rings. The number of esters is 1. The maximum absolute atomic E-state index is 13.4. The first kappa shape index (κ1) is 28.6. The van der Waals surface area contributed by atoms with E-state index in [1.165, 1.54) is 28.7 Å². The van der Waals surface area contributed by atoms with E-state index in [1.54, 1.807) is 6.07 Å². The van der Waals surface area contributed by atoms with Crippen LogP contribution in [0.1, 0.15) is 76.0 Å². The van der Waals surface area contributed by atoms with Gasteiger partial charge < -0.3 is 15.4 Å². The highest BCUT2D eigenvalue weighted by Crippen LogP contribution is 2.41. The van der Waals surface area contributed by atoms with Gasteiger partial charge in [0.15, 0.2) is 0 Å². The Balaban J connectivity index is 1.40. The number of thiophene rings is 2. The summed E-state index contributed by atoms with van der Waals surface area (Å²) in [6.07, 6.45) is -0.0963. The lowest BCUT2D eigenvalue weighted by molar-refractivity contribution is -0.137. The molecule has 214 valence electrons. The molecule has 0 saturated carbocycles. The van der Waals surface area contributed by atoms with Gasteiger partial charge in [-0.3, -0.25) is 5.32 Å². The van der Waals surface area contributed by atoms with Gasteiger partial charge in [0.25, 0.3) is 0 Å². The largest absolute Gasteiger partial charge is 0.456 e. The Bertz CT molecular complexity index is 1440. The van der Waals surface area contributed by atoms with Gasteiger partial charge in [0.2, 0.25) is 0 Å². The second-order valence-corrected chi connectivity index (χ2v) is 13.3. The van der Waals surface area contributed by atoms with E-state index in [4.69, 9.17) is 4.74 Å². The molecule has 1 aromatic carbocycles. The van der Waals surface area contributed by atoms with Crippen molar-refractivity contribution in [3.8, 4) is 10.4 Å². The third-order valence-corrected chi connectivity index (χ3v) is 9.45. The Morgan fingerprint density at radius 3 is 2.55 bits per heavy atom. The number of urea groups is 1. The van der Waals surface area contributed by atoms with Crippen molar-refractivity contribution in [3.05, 3.63) is 61.8 Å². The fraction of sp³-hybridized carbons (Fsp3) is 0.448. The molecule has 6 nitrogen and oxygen atoms in total. The molecule has 11 heteroatoms. The van der Waals surface area contributed by atoms with Crippen molar-refractivity contribution < 1.29 is 27.5 Å². The van der Waals surface area contributed by atoms with Crippen molar-refractivity contribution in [2.75, 3.05) is 11.9 Å². The zero-order chi connectivity index (χ0) is 28.7. The van der Waals surface area contributed by atoms with Gasteiger partial charge in [0.05, 0.1) is 11.1 Å². The molecule has 3 aromatic rings. The monoisotopic (exact) mass is 591 g/mol. The van der Waals surface area contributed by atoms with Crippen molar-refractivity contribution in [2.24, 2.45) is 0 Å². The molecule has 0 fully saturated rings. The van der Waals surface area contributed by atoms with Gasteiger partial charge in [-0.2, -0.15) is 13.2 Å². The number of nitrogens with one attached hydrogen (secondary N) is 3. The second-order valence-electron chi connectivity index (χ2n) is 11.0. The van der Waals surface area contributed by atoms with Crippen LogP contribution >= 0.6 is 22.7 Å². The standard InChI is InChI=1S/C29H32F3N3O3S2/c1-28(2,3)38-26(36)23-19-9-4-5-10-21(19)40-25(23)35-27(37)34-14-20-18-11-12-33-15-22(18)39-24(20)16-7-6-8-17(13-16)29(30,31)32/h6-8,13,33H,4-5,9-12,14-15H2,1-3H3,(H2,34,35,37). The minimum atomic E-state index is -4.45. The molecule has 0 atom stereocenters.